The maximum Gasteiger partial charge on any atom is 0.534 e. The third-order valence-electron chi connectivity index (χ3n) is 3.48. The quantitative estimate of drug-likeness (QED) is 0.383. The second kappa shape index (κ2) is 7.43. The van der Waals surface area contributed by atoms with Crippen LogP contribution in [0.15, 0.2) is 28.7 Å². The van der Waals surface area contributed by atoms with Gasteiger partial charge in [0, 0.05) is 15.4 Å². The smallest absolute Gasteiger partial charge is 0.466 e. The largest absolute Gasteiger partial charge is 0.534 e. The average molecular weight is 455 g/mol. The van der Waals surface area contributed by atoms with E-state index in [-0.39, 0.29) is 17.6 Å². The summed E-state index contributed by atoms with van der Waals surface area (Å²) in [4.78, 5) is 11.8. The maximum absolute atomic E-state index is 12.8. The van der Waals surface area contributed by atoms with Crippen LogP contribution in [0.2, 0.25) is 0 Å². The van der Waals surface area contributed by atoms with Crippen LogP contribution in [0.1, 0.15) is 18.1 Å². The van der Waals surface area contributed by atoms with Crippen LogP contribution in [-0.2, 0) is 26.1 Å². The van der Waals surface area contributed by atoms with Crippen molar-refractivity contribution < 1.29 is 35.3 Å². The number of carbonyl (C=O) groups is 1. The van der Waals surface area contributed by atoms with Gasteiger partial charge in [-0.1, -0.05) is 22.0 Å². The number of fused-ring (bicyclic) bond motifs is 1. The monoisotopic (exact) mass is 454 g/mol. The van der Waals surface area contributed by atoms with Gasteiger partial charge in [0.15, 0.2) is 5.75 Å². The van der Waals surface area contributed by atoms with Crippen molar-refractivity contribution in [2.75, 3.05) is 6.61 Å². The number of halogens is 4. The summed E-state index contributed by atoms with van der Waals surface area (Å²) in [5.41, 5.74) is -5.18. The Bertz CT molecular complexity index is 954. The molecule has 2 rings (SSSR count). The maximum atomic E-state index is 12.8. The molecule has 0 saturated carbocycles. The lowest BCUT2D eigenvalue weighted by Crippen LogP contribution is -2.28. The zero-order chi connectivity index (χ0) is 19.7. The first-order valence-corrected chi connectivity index (χ1v) is 9.54. The van der Waals surface area contributed by atoms with E-state index in [0.717, 1.165) is 0 Å². The normalized spacial score (nSPS) is 12.2. The Kier molecular flexibility index (Phi) is 5.86. The highest BCUT2D eigenvalue weighted by Crippen LogP contribution is 2.38. The molecule has 0 spiro atoms. The number of alkyl halides is 3. The molecule has 0 fully saturated rings. The van der Waals surface area contributed by atoms with E-state index in [1.54, 1.807) is 26.0 Å². The number of hydrogen-bond donors (Lipinski definition) is 0. The van der Waals surface area contributed by atoms with Gasteiger partial charge in [-0.25, -0.2) is 0 Å². The van der Waals surface area contributed by atoms with Crippen molar-refractivity contribution in [2.24, 2.45) is 0 Å². The molecule has 0 aliphatic heterocycles. The fraction of sp³-hybridized carbons (Fsp3) is 0.312. The van der Waals surface area contributed by atoms with Crippen molar-refractivity contribution >= 4 is 42.8 Å². The lowest BCUT2D eigenvalue weighted by atomic mass is 9.98. The summed E-state index contributed by atoms with van der Waals surface area (Å²) < 4.78 is 71.3. The van der Waals surface area contributed by atoms with Crippen LogP contribution in [0.25, 0.3) is 10.8 Å². The second-order valence-corrected chi connectivity index (χ2v) is 7.79. The van der Waals surface area contributed by atoms with Crippen molar-refractivity contribution in [1.82, 2.24) is 0 Å². The third kappa shape index (κ3) is 4.29. The summed E-state index contributed by atoms with van der Waals surface area (Å²) in [6.07, 6.45) is -0.422. The number of benzene rings is 2. The average Bonchev–Trinajstić information content (AvgIpc) is 2.49. The summed E-state index contributed by atoms with van der Waals surface area (Å²) in [7, 11) is -5.90. The van der Waals surface area contributed by atoms with Crippen molar-refractivity contribution in [3.63, 3.8) is 0 Å². The van der Waals surface area contributed by atoms with Crippen molar-refractivity contribution in [3.05, 3.63) is 39.9 Å². The van der Waals surface area contributed by atoms with Crippen LogP contribution in [-0.4, -0.2) is 26.5 Å². The predicted octanol–water partition coefficient (Wildman–Crippen LogP) is 4.24. The molecule has 0 atom stereocenters. The highest BCUT2D eigenvalue weighted by atomic mass is 79.9. The molecule has 2 aromatic carbocycles. The standard InChI is InChI=1S/C16H14BrF3O5S/c1-3-24-14(21)8-13-9(2)6-10-7-11(17)4-5-12(10)15(13)25-26(22,23)16(18,19)20/h4-7H,3,8H2,1-2H3. The molecule has 26 heavy (non-hydrogen) atoms. The van der Waals surface area contributed by atoms with E-state index >= 15 is 0 Å². The molecule has 0 saturated heterocycles. The summed E-state index contributed by atoms with van der Waals surface area (Å²) in [6.45, 7) is 3.20. The first-order valence-electron chi connectivity index (χ1n) is 7.34. The lowest BCUT2D eigenvalue weighted by molar-refractivity contribution is -0.142. The fourth-order valence-corrected chi connectivity index (χ4v) is 3.23. The van der Waals surface area contributed by atoms with Crippen LogP contribution in [0.4, 0.5) is 13.2 Å². The van der Waals surface area contributed by atoms with Gasteiger partial charge >= 0.3 is 21.6 Å². The number of aryl methyl sites for hydroxylation is 1. The van der Waals surface area contributed by atoms with Gasteiger partial charge in [0.1, 0.15) is 0 Å². The molecular weight excluding hydrogens is 441 g/mol. The molecule has 0 heterocycles. The minimum absolute atomic E-state index is 0.0195. The molecule has 0 bridgehead atoms. The fourth-order valence-electron chi connectivity index (χ4n) is 2.35. The van der Waals surface area contributed by atoms with Gasteiger partial charge in [-0.2, -0.15) is 21.6 Å². The number of ether oxygens (including phenoxy) is 1. The van der Waals surface area contributed by atoms with E-state index in [2.05, 4.69) is 20.1 Å². The molecule has 0 N–H and O–H groups in total. The van der Waals surface area contributed by atoms with Crippen molar-refractivity contribution in [3.8, 4) is 5.75 Å². The van der Waals surface area contributed by atoms with E-state index in [9.17, 15) is 26.4 Å². The van der Waals surface area contributed by atoms with Gasteiger partial charge in [-0.05, 0) is 43.0 Å². The van der Waals surface area contributed by atoms with Gasteiger partial charge < -0.3 is 8.92 Å². The minimum Gasteiger partial charge on any atom is -0.466 e. The topological polar surface area (TPSA) is 69.7 Å². The SMILES string of the molecule is CCOC(=O)Cc1c(C)cc2cc(Br)ccc2c1OS(=O)(=O)C(F)(F)F. The predicted molar refractivity (Wildman–Crippen MR) is 92.3 cm³/mol. The van der Waals surface area contributed by atoms with Crippen LogP contribution in [0.5, 0.6) is 5.75 Å². The number of hydrogen-bond acceptors (Lipinski definition) is 5. The first-order chi connectivity index (χ1) is 12.0. The van der Waals surface area contributed by atoms with Gasteiger partial charge in [0.2, 0.25) is 0 Å². The number of rotatable bonds is 5. The number of carbonyl (C=O) groups excluding carboxylic acids is 1. The molecule has 5 nitrogen and oxygen atoms in total. The van der Waals surface area contributed by atoms with E-state index in [1.165, 1.54) is 12.1 Å². The summed E-state index contributed by atoms with van der Waals surface area (Å²) >= 11 is 3.24. The minimum atomic E-state index is -5.90. The van der Waals surface area contributed by atoms with Gasteiger partial charge in [0.25, 0.3) is 0 Å². The first kappa shape index (κ1) is 20.5. The van der Waals surface area contributed by atoms with Crippen molar-refractivity contribution in [2.45, 2.75) is 25.8 Å². The Morgan fingerprint density at radius 1 is 1.23 bits per heavy atom. The van der Waals surface area contributed by atoms with Crippen LogP contribution >= 0.6 is 15.9 Å². The van der Waals surface area contributed by atoms with Gasteiger partial charge in [-0.15, -0.1) is 0 Å². The van der Waals surface area contributed by atoms with Crippen LogP contribution < -0.4 is 4.18 Å². The Morgan fingerprint density at radius 2 is 1.88 bits per heavy atom. The molecule has 0 radical (unpaired) electrons. The van der Waals surface area contributed by atoms with Crippen LogP contribution in [0.3, 0.4) is 0 Å². The van der Waals surface area contributed by atoms with E-state index < -0.39 is 33.8 Å². The van der Waals surface area contributed by atoms with E-state index in [1.807, 2.05) is 0 Å². The molecule has 0 aliphatic carbocycles. The zero-order valence-corrected chi connectivity index (χ0v) is 16.1. The second-order valence-electron chi connectivity index (χ2n) is 5.33. The Labute approximate surface area is 156 Å². The van der Waals surface area contributed by atoms with Crippen molar-refractivity contribution in [1.29, 1.82) is 0 Å². The van der Waals surface area contributed by atoms with Gasteiger partial charge in [-0.3, -0.25) is 4.79 Å². The highest BCUT2D eigenvalue weighted by molar-refractivity contribution is 9.10. The molecular formula is C16H14BrF3O5S. The summed E-state index contributed by atoms with van der Waals surface area (Å²) in [6, 6.07) is 6.17. The summed E-state index contributed by atoms with van der Waals surface area (Å²) in [5.74, 6) is -1.24. The van der Waals surface area contributed by atoms with Gasteiger partial charge in [0.05, 0.1) is 13.0 Å². The Hall–Kier alpha value is -1.81. The molecule has 0 amide bonds. The molecule has 10 heteroatoms. The third-order valence-corrected chi connectivity index (χ3v) is 4.93. The Balaban J connectivity index is 2.71. The summed E-state index contributed by atoms with van der Waals surface area (Å²) in [5, 5.41) is 0.586. The molecule has 0 aliphatic rings. The molecule has 142 valence electrons. The molecule has 0 aromatic heterocycles. The van der Waals surface area contributed by atoms with E-state index in [4.69, 9.17) is 4.74 Å². The highest BCUT2D eigenvalue weighted by Gasteiger charge is 2.49. The van der Waals surface area contributed by atoms with Crippen LogP contribution in [0, 0.1) is 6.92 Å². The molecule has 0 unspecified atom stereocenters. The zero-order valence-electron chi connectivity index (χ0n) is 13.7. The number of esters is 1. The molecule has 2 aromatic rings. The lowest BCUT2D eigenvalue weighted by Gasteiger charge is -2.17. The Morgan fingerprint density at radius 3 is 2.46 bits per heavy atom. The van der Waals surface area contributed by atoms with E-state index in [0.29, 0.717) is 15.4 Å².